The summed E-state index contributed by atoms with van der Waals surface area (Å²) in [4.78, 5) is 13.9. The van der Waals surface area contributed by atoms with Crippen LogP contribution in [-0.2, 0) is 11.3 Å². The molecule has 0 aliphatic heterocycles. The first-order valence-electron chi connectivity index (χ1n) is 7.90. The summed E-state index contributed by atoms with van der Waals surface area (Å²) in [5, 5.41) is 13.9. The fourth-order valence-corrected chi connectivity index (χ4v) is 3.19. The van der Waals surface area contributed by atoms with Crippen LogP contribution >= 0.6 is 11.6 Å². The van der Waals surface area contributed by atoms with Crippen molar-refractivity contribution in [1.82, 2.24) is 10.2 Å². The summed E-state index contributed by atoms with van der Waals surface area (Å²) in [6.07, 6.45) is 4.37. The average molecular weight is 325 g/mol. The Morgan fingerprint density at radius 2 is 2.05 bits per heavy atom. The normalized spacial score (nSPS) is 16.9. The summed E-state index contributed by atoms with van der Waals surface area (Å²) in [7, 11) is 1.96. The summed E-state index contributed by atoms with van der Waals surface area (Å²) in [6, 6.07) is 7.50. The van der Waals surface area contributed by atoms with Crippen molar-refractivity contribution in [1.29, 1.82) is 0 Å². The van der Waals surface area contributed by atoms with Crippen LogP contribution in [0.15, 0.2) is 24.3 Å². The van der Waals surface area contributed by atoms with E-state index in [2.05, 4.69) is 5.32 Å². The van der Waals surface area contributed by atoms with Crippen LogP contribution in [0.2, 0.25) is 5.02 Å². The molecule has 0 heterocycles. The molecule has 22 heavy (non-hydrogen) atoms. The van der Waals surface area contributed by atoms with Crippen LogP contribution in [0.5, 0.6) is 0 Å². The zero-order valence-electron chi connectivity index (χ0n) is 13.1. The number of benzene rings is 1. The zero-order chi connectivity index (χ0) is 16.0. The van der Waals surface area contributed by atoms with E-state index < -0.39 is 5.60 Å². The number of carbonyl (C=O) groups excluding carboxylic acids is 1. The van der Waals surface area contributed by atoms with Crippen LogP contribution in [0.4, 0.5) is 0 Å². The van der Waals surface area contributed by atoms with Crippen LogP contribution in [0.3, 0.4) is 0 Å². The molecule has 0 unspecified atom stereocenters. The van der Waals surface area contributed by atoms with Gasteiger partial charge >= 0.3 is 0 Å². The minimum atomic E-state index is -0.553. The Morgan fingerprint density at radius 3 is 2.73 bits per heavy atom. The maximum atomic E-state index is 11.9. The molecule has 0 aromatic heterocycles. The van der Waals surface area contributed by atoms with E-state index in [0.29, 0.717) is 31.1 Å². The lowest BCUT2D eigenvalue weighted by Gasteiger charge is -2.28. The van der Waals surface area contributed by atoms with Crippen molar-refractivity contribution < 1.29 is 9.90 Å². The first-order valence-corrected chi connectivity index (χ1v) is 8.27. The first-order chi connectivity index (χ1) is 10.5. The number of aliphatic hydroxyl groups is 1. The average Bonchev–Trinajstić information content (AvgIpc) is 2.90. The predicted octanol–water partition coefficient (Wildman–Crippen LogP) is 2.58. The number of halogens is 1. The predicted molar refractivity (Wildman–Crippen MR) is 88.8 cm³/mol. The fourth-order valence-electron chi connectivity index (χ4n) is 2.99. The monoisotopic (exact) mass is 324 g/mol. The smallest absolute Gasteiger partial charge is 0.221 e. The summed E-state index contributed by atoms with van der Waals surface area (Å²) in [5.41, 5.74) is 0.370. The largest absolute Gasteiger partial charge is 0.389 e. The number of nitrogens with zero attached hydrogens (tertiary/aromatic N) is 1. The van der Waals surface area contributed by atoms with E-state index in [4.69, 9.17) is 11.6 Å². The molecular formula is C17H25ClN2O2. The lowest BCUT2D eigenvalue weighted by molar-refractivity contribution is -0.121. The Morgan fingerprint density at radius 1 is 1.36 bits per heavy atom. The Hall–Kier alpha value is -1.10. The zero-order valence-corrected chi connectivity index (χ0v) is 13.9. The third kappa shape index (κ3) is 5.27. The second-order valence-corrected chi connectivity index (χ2v) is 6.69. The molecule has 0 saturated heterocycles. The Balaban J connectivity index is 1.68. The van der Waals surface area contributed by atoms with E-state index >= 15 is 0 Å². The number of amides is 1. The third-order valence-electron chi connectivity index (χ3n) is 4.25. The molecule has 0 radical (unpaired) electrons. The molecule has 1 fully saturated rings. The number of hydrogen-bond acceptors (Lipinski definition) is 3. The van der Waals surface area contributed by atoms with Gasteiger partial charge in [0.1, 0.15) is 0 Å². The first kappa shape index (κ1) is 17.3. The Labute approximate surface area is 137 Å². The molecule has 122 valence electrons. The number of nitrogens with one attached hydrogen (secondary N) is 1. The molecule has 1 aromatic rings. The Bertz CT molecular complexity index is 501. The van der Waals surface area contributed by atoms with Crippen molar-refractivity contribution in [3.05, 3.63) is 34.9 Å². The molecule has 5 heteroatoms. The third-order valence-corrected chi connectivity index (χ3v) is 4.62. The summed E-state index contributed by atoms with van der Waals surface area (Å²) in [5.74, 6) is 0.00480. The van der Waals surface area contributed by atoms with Crippen molar-refractivity contribution in [2.24, 2.45) is 0 Å². The van der Waals surface area contributed by atoms with Gasteiger partial charge in [-0.05, 0) is 31.5 Å². The van der Waals surface area contributed by atoms with Crippen LogP contribution < -0.4 is 5.32 Å². The number of rotatable bonds is 7. The minimum Gasteiger partial charge on any atom is -0.389 e. The topological polar surface area (TPSA) is 52.6 Å². The molecule has 2 rings (SSSR count). The molecule has 1 aliphatic rings. The molecule has 1 aliphatic carbocycles. The van der Waals surface area contributed by atoms with Gasteiger partial charge in [0.05, 0.1) is 5.60 Å². The van der Waals surface area contributed by atoms with E-state index in [9.17, 15) is 9.90 Å². The molecule has 1 aromatic carbocycles. The number of carbonyl (C=O) groups is 1. The van der Waals surface area contributed by atoms with Crippen LogP contribution in [0.25, 0.3) is 0 Å². The van der Waals surface area contributed by atoms with Crippen molar-refractivity contribution in [2.45, 2.75) is 44.2 Å². The summed E-state index contributed by atoms with van der Waals surface area (Å²) < 4.78 is 0. The van der Waals surface area contributed by atoms with E-state index in [1.807, 2.05) is 36.2 Å². The lowest BCUT2D eigenvalue weighted by Crippen LogP contribution is -2.40. The van der Waals surface area contributed by atoms with Crippen LogP contribution in [0.1, 0.15) is 37.7 Å². The van der Waals surface area contributed by atoms with E-state index in [-0.39, 0.29) is 5.91 Å². The van der Waals surface area contributed by atoms with Crippen LogP contribution in [-0.4, -0.2) is 41.7 Å². The lowest BCUT2D eigenvalue weighted by atomic mass is 10.0. The quantitative estimate of drug-likeness (QED) is 0.810. The second kappa shape index (κ2) is 7.95. The molecule has 0 atom stereocenters. The van der Waals surface area contributed by atoms with Gasteiger partial charge < -0.3 is 15.3 Å². The van der Waals surface area contributed by atoms with Gasteiger partial charge in [-0.2, -0.15) is 0 Å². The van der Waals surface area contributed by atoms with Crippen molar-refractivity contribution >= 4 is 17.5 Å². The molecule has 1 saturated carbocycles. The number of hydrogen-bond donors (Lipinski definition) is 2. The van der Waals surface area contributed by atoms with Crippen LogP contribution in [0, 0.1) is 0 Å². The van der Waals surface area contributed by atoms with Crippen molar-refractivity contribution in [3.8, 4) is 0 Å². The molecule has 2 N–H and O–H groups in total. The fraction of sp³-hybridized carbons (Fsp3) is 0.588. The molecule has 1 amide bonds. The van der Waals surface area contributed by atoms with E-state index in [0.717, 1.165) is 31.2 Å². The summed E-state index contributed by atoms with van der Waals surface area (Å²) in [6.45, 7) is 1.74. The highest BCUT2D eigenvalue weighted by Gasteiger charge is 2.32. The highest BCUT2D eigenvalue weighted by molar-refractivity contribution is 6.31. The Kier molecular flexibility index (Phi) is 6.24. The minimum absolute atomic E-state index is 0.00480. The standard InChI is InChI=1S/C17H25ClN2O2/c1-20(13-17(22)9-4-5-10-17)11-8-16(21)19-12-14-6-2-3-7-15(14)18/h2-3,6-7,22H,4-5,8-13H2,1H3,(H,19,21). The van der Waals surface area contributed by atoms with Crippen molar-refractivity contribution in [3.63, 3.8) is 0 Å². The molecule has 0 spiro atoms. The van der Waals surface area contributed by atoms with Gasteiger partial charge in [-0.25, -0.2) is 0 Å². The summed E-state index contributed by atoms with van der Waals surface area (Å²) >= 11 is 6.06. The van der Waals surface area contributed by atoms with Gasteiger partial charge in [-0.15, -0.1) is 0 Å². The van der Waals surface area contributed by atoms with Gasteiger partial charge in [-0.3, -0.25) is 4.79 Å². The maximum Gasteiger partial charge on any atom is 0.221 e. The van der Waals surface area contributed by atoms with Gasteiger partial charge in [-0.1, -0.05) is 42.6 Å². The van der Waals surface area contributed by atoms with Crippen molar-refractivity contribution in [2.75, 3.05) is 20.1 Å². The molecular weight excluding hydrogens is 300 g/mol. The van der Waals surface area contributed by atoms with Gasteiger partial charge in [0.25, 0.3) is 0 Å². The SMILES string of the molecule is CN(CCC(=O)NCc1ccccc1Cl)CC1(O)CCCC1. The molecule has 4 nitrogen and oxygen atoms in total. The number of likely N-dealkylation sites (N-methyl/N-ethyl adjacent to an activating group) is 1. The van der Waals surface area contributed by atoms with E-state index in [1.165, 1.54) is 0 Å². The maximum absolute atomic E-state index is 11.9. The highest BCUT2D eigenvalue weighted by atomic mass is 35.5. The van der Waals surface area contributed by atoms with Gasteiger partial charge in [0.15, 0.2) is 0 Å². The molecule has 0 bridgehead atoms. The van der Waals surface area contributed by atoms with E-state index in [1.54, 1.807) is 0 Å². The highest BCUT2D eigenvalue weighted by Crippen LogP contribution is 2.29. The second-order valence-electron chi connectivity index (χ2n) is 6.29. The van der Waals surface area contributed by atoms with Gasteiger partial charge in [0, 0.05) is 31.1 Å². The van der Waals surface area contributed by atoms with Gasteiger partial charge in [0.2, 0.25) is 5.91 Å².